The number of aromatic nitrogens is 1. The van der Waals surface area contributed by atoms with E-state index in [0.717, 1.165) is 36.6 Å². The molecular weight excluding hydrogens is 250 g/mol. The number of hydrogen-bond donors (Lipinski definition) is 1. The number of pyridine rings is 1. The maximum absolute atomic E-state index is 12.3. The Hall–Kier alpha value is -2.41. The first-order valence-corrected chi connectivity index (χ1v) is 6.82. The van der Waals surface area contributed by atoms with Crippen LogP contribution in [0, 0.1) is 11.3 Å². The van der Waals surface area contributed by atoms with Crippen molar-refractivity contribution < 1.29 is 4.79 Å². The van der Waals surface area contributed by atoms with Crippen molar-refractivity contribution in [2.24, 2.45) is 0 Å². The van der Waals surface area contributed by atoms with Crippen LogP contribution in [0.15, 0.2) is 36.4 Å². The number of carbonyl (C=O) groups is 1. The number of nitrogens with zero attached hydrogens (tertiary/aromatic N) is 2. The Labute approximate surface area is 117 Å². The summed E-state index contributed by atoms with van der Waals surface area (Å²) in [7, 11) is 0. The molecule has 1 aliphatic carbocycles. The van der Waals surface area contributed by atoms with Crippen LogP contribution in [-0.2, 0) is 0 Å². The molecule has 100 valence electrons. The summed E-state index contributed by atoms with van der Waals surface area (Å²) >= 11 is 0. The summed E-state index contributed by atoms with van der Waals surface area (Å²) in [6.07, 6.45) is 3.42. The van der Waals surface area contributed by atoms with Gasteiger partial charge in [0, 0.05) is 5.39 Å². The summed E-state index contributed by atoms with van der Waals surface area (Å²) in [5.41, 5.74) is 0.451. The van der Waals surface area contributed by atoms with E-state index in [-0.39, 0.29) is 5.91 Å². The van der Waals surface area contributed by atoms with Crippen molar-refractivity contribution in [1.82, 2.24) is 10.3 Å². The second-order valence-electron chi connectivity index (χ2n) is 5.24. The molecule has 3 rings (SSSR count). The van der Waals surface area contributed by atoms with E-state index >= 15 is 0 Å². The largest absolute Gasteiger partial charge is 0.332 e. The molecule has 1 aromatic carbocycles. The van der Waals surface area contributed by atoms with Crippen LogP contribution in [-0.4, -0.2) is 16.4 Å². The average molecular weight is 265 g/mol. The predicted molar refractivity (Wildman–Crippen MR) is 76.0 cm³/mol. The van der Waals surface area contributed by atoms with Gasteiger partial charge in [-0.05, 0) is 37.8 Å². The zero-order chi connectivity index (χ0) is 14.0. The second kappa shape index (κ2) is 4.93. The van der Waals surface area contributed by atoms with Gasteiger partial charge in [0.05, 0.1) is 11.6 Å². The Morgan fingerprint density at radius 1 is 1.20 bits per heavy atom. The number of amides is 1. The summed E-state index contributed by atoms with van der Waals surface area (Å²) in [6, 6.07) is 13.5. The van der Waals surface area contributed by atoms with Gasteiger partial charge in [0.1, 0.15) is 11.2 Å². The van der Waals surface area contributed by atoms with E-state index in [1.165, 1.54) is 0 Å². The highest BCUT2D eigenvalue weighted by Crippen LogP contribution is 2.29. The molecule has 1 heterocycles. The molecule has 0 spiro atoms. The zero-order valence-electron chi connectivity index (χ0n) is 11.1. The van der Waals surface area contributed by atoms with Crippen LogP contribution in [0.25, 0.3) is 10.9 Å². The van der Waals surface area contributed by atoms with Crippen molar-refractivity contribution in [3.63, 3.8) is 0 Å². The molecule has 1 N–H and O–H groups in total. The maximum Gasteiger partial charge on any atom is 0.271 e. The van der Waals surface area contributed by atoms with Gasteiger partial charge in [-0.25, -0.2) is 4.98 Å². The van der Waals surface area contributed by atoms with E-state index in [9.17, 15) is 10.1 Å². The van der Waals surface area contributed by atoms with E-state index in [1.807, 2.05) is 30.3 Å². The highest BCUT2D eigenvalue weighted by atomic mass is 16.2. The van der Waals surface area contributed by atoms with Crippen LogP contribution < -0.4 is 5.32 Å². The van der Waals surface area contributed by atoms with Crippen LogP contribution in [0.3, 0.4) is 0 Å². The van der Waals surface area contributed by atoms with E-state index in [4.69, 9.17) is 0 Å². The summed E-state index contributed by atoms with van der Waals surface area (Å²) in [4.78, 5) is 16.6. The van der Waals surface area contributed by atoms with Crippen LogP contribution in [0.5, 0.6) is 0 Å². The third-order valence-corrected chi connectivity index (χ3v) is 3.85. The topological polar surface area (TPSA) is 65.8 Å². The quantitative estimate of drug-likeness (QED) is 0.908. The average Bonchev–Trinajstić information content (AvgIpc) is 2.96. The van der Waals surface area contributed by atoms with Gasteiger partial charge in [0.15, 0.2) is 0 Å². The molecule has 4 heteroatoms. The molecule has 0 saturated heterocycles. The lowest BCUT2D eigenvalue weighted by molar-refractivity contribution is 0.0916. The molecular formula is C16H15N3O. The molecule has 1 saturated carbocycles. The highest BCUT2D eigenvalue weighted by Gasteiger charge is 2.35. The lowest BCUT2D eigenvalue weighted by atomic mass is 9.99. The van der Waals surface area contributed by atoms with Crippen molar-refractivity contribution in [3.8, 4) is 6.07 Å². The van der Waals surface area contributed by atoms with Gasteiger partial charge in [-0.2, -0.15) is 5.26 Å². The smallest absolute Gasteiger partial charge is 0.271 e. The first-order valence-electron chi connectivity index (χ1n) is 6.82. The molecule has 1 aliphatic rings. The molecule has 2 aromatic rings. The maximum atomic E-state index is 12.3. The molecule has 4 nitrogen and oxygen atoms in total. The van der Waals surface area contributed by atoms with E-state index in [0.29, 0.717) is 5.69 Å². The van der Waals surface area contributed by atoms with Gasteiger partial charge in [-0.3, -0.25) is 4.79 Å². The molecule has 20 heavy (non-hydrogen) atoms. The summed E-state index contributed by atoms with van der Waals surface area (Å²) in [5, 5.41) is 13.2. The van der Waals surface area contributed by atoms with E-state index < -0.39 is 5.54 Å². The lowest BCUT2D eigenvalue weighted by Gasteiger charge is -2.21. The number of benzene rings is 1. The fourth-order valence-electron chi connectivity index (χ4n) is 2.72. The zero-order valence-corrected chi connectivity index (χ0v) is 11.1. The van der Waals surface area contributed by atoms with Crippen molar-refractivity contribution in [2.45, 2.75) is 31.2 Å². The number of nitrogens with one attached hydrogen (secondary N) is 1. The second-order valence-corrected chi connectivity index (χ2v) is 5.24. The van der Waals surface area contributed by atoms with Gasteiger partial charge in [-0.15, -0.1) is 0 Å². The van der Waals surface area contributed by atoms with Gasteiger partial charge in [0.2, 0.25) is 0 Å². The van der Waals surface area contributed by atoms with E-state index in [2.05, 4.69) is 16.4 Å². The Bertz CT molecular complexity index is 696. The Kier molecular flexibility index (Phi) is 3.11. The number of hydrogen-bond acceptors (Lipinski definition) is 3. The highest BCUT2D eigenvalue weighted by molar-refractivity contribution is 5.95. The molecule has 0 aliphatic heterocycles. The van der Waals surface area contributed by atoms with Crippen molar-refractivity contribution in [3.05, 3.63) is 42.1 Å². The van der Waals surface area contributed by atoms with Crippen LogP contribution in [0.4, 0.5) is 0 Å². The van der Waals surface area contributed by atoms with Gasteiger partial charge >= 0.3 is 0 Å². The normalized spacial score (nSPS) is 16.8. The monoisotopic (exact) mass is 265 g/mol. The molecule has 0 atom stereocenters. The fourth-order valence-corrected chi connectivity index (χ4v) is 2.72. The number of fused-ring (bicyclic) bond motifs is 1. The SMILES string of the molecule is N#CC1(NC(=O)c2ccc3ccccc3n2)CCCC1. The summed E-state index contributed by atoms with van der Waals surface area (Å²) in [5.74, 6) is -0.265. The molecule has 0 unspecified atom stereocenters. The van der Waals surface area contributed by atoms with E-state index in [1.54, 1.807) is 6.07 Å². The number of nitriles is 1. The fraction of sp³-hybridized carbons (Fsp3) is 0.312. The number of para-hydroxylation sites is 1. The summed E-state index contributed by atoms with van der Waals surface area (Å²) < 4.78 is 0. The third kappa shape index (κ3) is 2.23. The van der Waals surface area contributed by atoms with Crippen molar-refractivity contribution in [1.29, 1.82) is 5.26 Å². The van der Waals surface area contributed by atoms with Crippen LogP contribution in [0.2, 0.25) is 0 Å². The Morgan fingerprint density at radius 2 is 1.95 bits per heavy atom. The number of rotatable bonds is 2. The summed E-state index contributed by atoms with van der Waals surface area (Å²) in [6.45, 7) is 0. The predicted octanol–water partition coefficient (Wildman–Crippen LogP) is 2.80. The standard InChI is InChI=1S/C16H15N3O/c17-11-16(9-3-4-10-16)19-15(20)14-8-7-12-5-1-2-6-13(12)18-14/h1-2,5-8H,3-4,9-10H2,(H,19,20). The molecule has 1 aromatic heterocycles. The van der Waals surface area contributed by atoms with Gasteiger partial charge in [-0.1, -0.05) is 24.3 Å². The molecule has 0 radical (unpaired) electrons. The minimum Gasteiger partial charge on any atom is -0.332 e. The minimum atomic E-state index is -0.704. The first kappa shape index (κ1) is 12.6. The molecule has 0 bridgehead atoms. The van der Waals surface area contributed by atoms with Gasteiger partial charge < -0.3 is 5.32 Å². The Morgan fingerprint density at radius 3 is 2.70 bits per heavy atom. The van der Waals surface area contributed by atoms with Crippen LogP contribution >= 0.6 is 0 Å². The Balaban J connectivity index is 1.87. The number of carbonyl (C=O) groups excluding carboxylic acids is 1. The van der Waals surface area contributed by atoms with Crippen LogP contribution in [0.1, 0.15) is 36.2 Å². The molecule has 1 amide bonds. The third-order valence-electron chi connectivity index (χ3n) is 3.85. The first-order chi connectivity index (χ1) is 9.72. The van der Waals surface area contributed by atoms with Crippen molar-refractivity contribution >= 4 is 16.8 Å². The molecule has 1 fully saturated rings. The van der Waals surface area contributed by atoms with Crippen molar-refractivity contribution in [2.75, 3.05) is 0 Å². The van der Waals surface area contributed by atoms with Gasteiger partial charge in [0.25, 0.3) is 5.91 Å². The lowest BCUT2D eigenvalue weighted by Crippen LogP contribution is -2.45. The minimum absolute atomic E-state index is 0.265.